The predicted molar refractivity (Wildman–Crippen MR) is 94.3 cm³/mol. The minimum atomic E-state index is -1.54. The summed E-state index contributed by atoms with van der Waals surface area (Å²) >= 11 is 3.94. The van der Waals surface area contributed by atoms with Gasteiger partial charge >= 0.3 is 5.97 Å². The molecule has 0 aromatic heterocycles. The molecule has 0 spiro atoms. The molecule has 0 rings (SSSR count). The van der Waals surface area contributed by atoms with Crippen LogP contribution in [0.25, 0.3) is 0 Å². The summed E-state index contributed by atoms with van der Waals surface area (Å²) in [6.45, 7) is 3.81. The van der Waals surface area contributed by atoms with Gasteiger partial charge in [-0.2, -0.15) is 12.6 Å². The minimum absolute atomic E-state index is 0.107. The zero-order valence-corrected chi connectivity index (χ0v) is 15.6. The monoisotopic (exact) mass is 394 g/mol. The van der Waals surface area contributed by atoms with E-state index in [0.29, 0.717) is 0 Å². The standard InChI is InChI=1S/C14H26N4O7S/c1-5(11(21)18-10(7(3)20)14(24)25)16-12(22)8(4-26)17-13(23)9(15)6(2)19/h5-10,19-20,26H,4,15H2,1-3H3,(H,16,22)(H,17,23)(H,18,21)(H,24,25). The van der Waals surface area contributed by atoms with Gasteiger partial charge in [0, 0.05) is 5.75 Å². The Hall–Kier alpha value is -1.89. The number of carbonyl (C=O) groups excluding carboxylic acids is 3. The molecule has 0 radical (unpaired) electrons. The molecule has 0 aromatic rings. The Bertz CT molecular complexity index is 529. The van der Waals surface area contributed by atoms with Gasteiger partial charge < -0.3 is 37.0 Å². The maximum absolute atomic E-state index is 12.1. The second-order valence-electron chi connectivity index (χ2n) is 5.81. The zero-order valence-electron chi connectivity index (χ0n) is 14.7. The Morgan fingerprint density at radius 3 is 1.85 bits per heavy atom. The average molecular weight is 394 g/mol. The summed E-state index contributed by atoms with van der Waals surface area (Å²) in [7, 11) is 0. The van der Waals surface area contributed by atoms with Crippen molar-refractivity contribution < 1.29 is 34.5 Å². The van der Waals surface area contributed by atoms with Crippen molar-refractivity contribution in [3.05, 3.63) is 0 Å². The number of hydrogen-bond donors (Lipinski definition) is 8. The zero-order chi connectivity index (χ0) is 20.6. The van der Waals surface area contributed by atoms with Crippen molar-refractivity contribution in [2.75, 3.05) is 5.75 Å². The molecule has 3 amide bonds. The molecule has 0 saturated carbocycles. The lowest BCUT2D eigenvalue weighted by Gasteiger charge is -2.23. The van der Waals surface area contributed by atoms with Crippen molar-refractivity contribution in [1.82, 2.24) is 16.0 Å². The smallest absolute Gasteiger partial charge is 0.328 e. The number of carbonyl (C=O) groups is 4. The lowest BCUT2D eigenvalue weighted by Crippen LogP contribution is -2.58. The van der Waals surface area contributed by atoms with Crippen LogP contribution >= 0.6 is 12.6 Å². The fraction of sp³-hybridized carbons (Fsp3) is 0.714. The summed E-state index contributed by atoms with van der Waals surface area (Å²) in [5.41, 5.74) is 5.46. The van der Waals surface area contributed by atoms with Crippen molar-refractivity contribution in [3.63, 3.8) is 0 Å². The van der Waals surface area contributed by atoms with Gasteiger partial charge in [0.05, 0.1) is 12.2 Å². The van der Waals surface area contributed by atoms with Crippen molar-refractivity contribution in [3.8, 4) is 0 Å². The number of aliphatic carboxylic acids is 1. The number of carboxylic acids is 1. The van der Waals surface area contributed by atoms with Crippen LogP contribution in [-0.2, 0) is 19.2 Å². The largest absolute Gasteiger partial charge is 0.480 e. The third-order valence-electron chi connectivity index (χ3n) is 3.44. The number of nitrogens with one attached hydrogen (secondary N) is 3. The van der Waals surface area contributed by atoms with E-state index in [-0.39, 0.29) is 5.75 Å². The van der Waals surface area contributed by atoms with Crippen LogP contribution in [0.4, 0.5) is 0 Å². The molecule has 0 heterocycles. The van der Waals surface area contributed by atoms with Crippen LogP contribution in [0.1, 0.15) is 20.8 Å². The molecule has 11 nitrogen and oxygen atoms in total. The van der Waals surface area contributed by atoms with E-state index in [9.17, 15) is 29.4 Å². The molecular formula is C14H26N4O7S. The second-order valence-corrected chi connectivity index (χ2v) is 6.17. The van der Waals surface area contributed by atoms with Crippen LogP contribution < -0.4 is 21.7 Å². The molecule has 26 heavy (non-hydrogen) atoms. The summed E-state index contributed by atoms with van der Waals surface area (Å²) in [5, 5.41) is 34.2. The van der Waals surface area contributed by atoms with Gasteiger partial charge in [-0.15, -0.1) is 0 Å². The maximum atomic E-state index is 12.1. The van der Waals surface area contributed by atoms with Gasteiger partial charge in [0.25, 0.3) is 0 Å². The number of rotatable bonds is 10. The first-order valence-electron chi connectivity index (χ1n) is 7.78. The number of hydrogen-bond acceptors (Lipinski definition) is 8. The van der Waals surface area contributed by atoms with Crippen LogP contribution in [0, 0.1) is 0 Å². The Morgan fingerprint density at radius 2 is 1.46 bits per heavy atom. The van der Waals surface area contributed by atoms with Gasteiger partial charge in [-0.25, -0.2) is 4.79 Å². The first kappa shape index (κ1) is 24.1. The van der Waals surface area contributed by atoms with E-state index < -0.39 is 60.1 Å². The Kier molecular flexibility index (Phi) is 10.2. The van der Waals surface area contributed by atoms with E-state index >= 15 is 0 Å². The molecule has 8 N–H and O–H groups in total. The molecule has 0 aromatic carbocycles. The van der Waals surface area contributed by atoms with Gasteiger partial charge in [0.15, 0.2) is 6.04 Å². The van der Waals surface area contributed by atoms with Crippen molar-refractivity contribution >= 4 is 36.3 Å². The van der Waals surface area contributed by atoms with Crippen LogP contribution in [0.2, 0.25) is 0 Å². The second kappa shape index (κ2) is 11.0. The first-order valence-corrected chi connectivity index (χ1v) is 8.42. The summed E-state index contributed by atoms with van der Waals surface area (Å²) in [6, 6.07) is -5.05. The molecule has 0 aliphatic heterocycles. The highest BCUT2D eigenvalue weighted by Gasteiger charge is 2.30. The van der Waals surface area contributed by atoms with Crippen LogP contribution in [0.3, 0.4) is 0 Å². The summed E-state index contributed by atoms with van der Waals surface area (Å²) in [4.78, 5) is 46.9. The number of carboxylic acid groups (broad SMARTS) is 1. The van der Waals surface area contributed by atoms with Gasteiger partial charge in [-0.1, -0.05) is 0 Å². The third kappa shape index (κ3) is 7.56. The van der Waals surface area contributed by atoms with E-state index in [4.69, 9.17) is 10.8 Å². The highest BCUT2D eigenvalue weighted by molar-refractivity contribution is 7.80. The van der Waals surface area contributed by atoms with E-state index in [1.54, 1.807) is 0 Å². The van der Waals surface area contributed by atoms with Crippen LogP contribution in [0.15, 0.2) is 0 Å². The highest BCUT2D eigenvalue weighted by atomic mass is 32.1. The number of amides is 3. The molecular weight excluding hydrogens is 368 g/mol. The third-order valence-corrected chi connectivity index (χ3v) is 3.80. The predicted octanol–water partition coefficient (Wildman–Crippen LogP) is -3.44. The molecule has 6 atom stereocenters. The molecule has 0 aliphatic rings. The molecule has 150 valence electrons. The van der Waals surface area contributed by atoms with Crippen molar-refractivity contribution in [2.45, 2.75) is 57.1 Å². The van der Waals surface area contributed by atoms with E-state index in [1.807, 2.05) is 0 Å². The molecule has 0 aliphatic carbocycles. The first-order chi connectivity index (χ1) is 11.9. The fourth-order valence-electron chi connectivity index (χ4n) is 1.73. The van der Waals surface area contributed by atoms with Crippen molar-refractivity contribution in [2.24, 2.45) is 5.73 Å². The average Bonchev–Trinajstić information content (AvgIpc) is 2.54. The Labute approximate surface area is 156 Å². The fourth-order valence-corrected chi connectivity index (χ4v) is 1.98. The molecule has 0 saturated heterocycles. The van der Waals surface area contributed by atoms with E-state index in [1.165, 1.54) is 20.8 Å². The summed E-state index contributed by atoms with van der Waals surface area (Å²) in [5.74, 6) is -3.90. The molecule has 0 fully saturated rings. The Morgan fingerprint density at radius 1 is 0.923 bits per heavy atom. The van der Waals surface area contributed by atoms with E-state index in [0.717, 1.165) is 0 Å². The van der Waals surface area contributed by atoms with Gasteiger partial charge in [-0.05, 0) is 20.8 Å². The van der Waals surface area contributed by atoms with Crippen LogP contribution in [-0.4, -0.2) is 81.1 Å². The molecule has 6 unspecified atom stereocenters. The number of aliphatic hydroxyl groups excluding tert-OH is 2. The number of thiol groups is 1. The number of nitrogens with two attached hydrogens (primary N) is 1. The topological polar surface area (TPSA) is 191 Å². The van der Waals surface area contributed by atoms with Gasteiger partial charge in [0.2, 0.25) is 17.7 Å². The maximum Gasteiger partial charge on any atom is 0.328 e. The number of aliphatic hydroxyl groups is 2. The normalized spacial score (nSPS) is 17.8. The quantitative estimate of drug-likeness (QED) is 0.175. The summed E-state index contributed by atoms with van der Waals surface area (Å²) < 4.78 is 0. The van der Waals surface area contributed by atoms with Crippen molar-refractivity contribution in [1.29, 1.82) is 0 Å². The van der Waals surface area contributed by atoms with Gasteiger partial charge in [0.1, 0.15) is 18.1 Å². The van der Waals surface area contributed by atoms with E-state index in [2.05, 4.69) is 28.6 Å². The SMILES string of the molecule is CC(NC(=O)C(CS)NC(=O)C(N)C(C)O)C(=O)NC(C(=O)O)C(C)O. The van der Waals surface area contributed by atoms with Gasteiger partial charge in [-0.3, -0.25) is 14.4 Å². The minimum Gasteiger partial charge on any atom is -0.480 e. The highest BCUT2D eigenvalue weighted by Crippen LogP contribution is 1.97. The molecule has 12 heteroatoms. The molecule has 0 bridgehead atoms. The lowest BCUT2D eigenvalue weighted by molar-refractivity contribution is -0.145. The lowest BCUT2D eigenvalue weighted by atomic mass is 10.1. The Balaban J connectivity index is 4.82. The summed E-state index contributed by atoms with van der Waals surface area (Å²) in [6.07, 6.45) is -2.47. The van der Waals surface area contributed by atoms with Crippen LogP contribution in [0.5, 0.6) is 0 Å².